The number of nitrogens with one attached hydrogen (secondary N) is 1. The molecule has 4 atom stereocenters. The van der Waals surface area contributed by atoms with Crippen LogP contribution in [-0.4, -0.2) is 50.8 Å². The Bertz CT molecular complexity index is 1630. The predicted octanol–water partition coefficient (Wildman–Crippen LogP) is 3.39. The second-order valence-electron chi connectivity index (χ2n) is 11.9. The summed E-state index contributed by atoms with van der Waals surface area (Å²) in [5.74, 6) is -1.60. The summed E-state index contributed by atoms with van der Waals surface area (Å²) >= 11 is 0.939. The zero-order valence-corrected chi connectivity index (χ0v) is 26.4. The first-order valence-electron chi connectivity index (χ1n) is 15.3. The summed E-state index contributed by atoms with van der Waals surface area (Å²) in [5, 5.41) is 2.73. The minimum absolute atomic E-state index is 0.0842. The normalized spacial score (nSPS) is 25.6. The van der Waals surface area contributed by atoms with Gasteiger partial charge in [-0.1, -0.05) is 50.3 Å². The van der Waals surface area contributed by atoms with Crippen LogP contribution in [0.5, 0.6) is 0 Å². The molecule has 0 saturated carbocycles. The number of epoxide rings is 1. The van der Waals surface area contributed by atoms with E-state index < -0.39 is 11.9 Å². The van der Waals surface area contributed by atoms with Gasteiger partial charge in [0.25, 0.3) is 0 Å². The Hall–Kier alpha value is -4.03. The van der Waals surface area contributed by atoms with Crippen LogP contribution >= 0.6 is 11.5 Å². The first kappa shape index (κ1) is 32.4. The second kappa shape index (κ2) is 13.9. The molecule has 2 aliphatic heterocycles. The zero-order chi connectivity index (χ0) is 32.1. The number of esters is 2. The number of aromatic nitrogens is 2. The van der Waals surface area contributed by atoms with E-state index in [1.54, 1.807) is 0 Å². The van der Waals surface area contributed by atoms with E-state index in [1.807, 2.05) is 38.1 Å². The molecule has 45 heavy (non-hydrogen) atoms. The van der Waals surface area contributed by atoms with Gasteiger partial charge in [0.05, 0.1) is 12.1 Å². The van der Waals surface area contributed by atoms with E-state index >= 15 is 0 Å². The molecule has 11 nitrogen and oxygen atoms in total. The summed E-state index contributed by atoms with van der Waals surface area (Å²) in [4.78, 5) is 61.4. The van der Waals surface area contributed by atoms with Crippen molar-refractivity contribution in [3.05, 3.63) is 91.5 Å². The largest absolute Gasteiger partial charge is 0.458 e. The molecule has 1 amide bonds. The van der Waals surface area contributed by atoms with Crippen LogP contribution in [0.3, 0.4) is 0 Å². The number of ether oxygens (including phenoxy) is 3. The third-order valence-corrected chi connectivity index (χ3v) is 9.54. The smallest absolute Gasteiger partial charge is 0.341 e. The third-order valence-electron chi connectivity index (χ3n) is 8.61. The lowest BCUT2D eigenvalue weighted by molar-refractivity contribution is -0.140. The molecule has 5 rings (SSSR count). The summed E-state index contributed by atoms with van der Waals surface area (Å²) in [6, 6.07) is 7.25. The number of hydrogen-bond donors (Lipinski definition) is 1. The van der Waals surface area contributed by atoms with Crippen molar-refractivity contribution in [2.24, 2.45) is 5.92 Å². The number of unbranched alkanes of at least 4 members (excludes halogenated alkanes) is 1. The molecule has 0 unspecified atom stereocenters. The number of nitrogens with zero attached hydrogens (tertiary/aromatic N) is 2. The van der Waals surface area contributed by atoms with Crippen LogP contribution in [0.2, 0.25) is 0 Å². The molecule has 1 aromatic carbocycles. The highest BCUT2D eigenvalue weighted by Gasteiger charge is 2.61. The molecule has 2 fully saturated rings. The fourth-order valence-corrected chi connectivity index (χ4v) is 6.60. The number of amides is 1. The fourth-order valence-electron chi connectivity index (χ4n) is 5.77. The molecule has 240 valence electrons. The van der Waals surface area contributed by atoms with Gasteiger partial charge in [-0.25, -0.2) is 22.9 Å². The molecule has 0 radical (unpaired) electrons. The molecular formula is C33H39N3O8S. The third kappa shape index (κ3) is 7.80. The number of rotatable bonds is 11. The van der Waals surface area contributed by atoms with Gasteiger partial charge in [0.15, 0.2) is 0 Å². The van der Waals surface area contributed by atoms with Crippen molar-refractivity contribution in [1.82, 2.24) is 13.8 Å². The number of hydrogen-bond acceptors (Lipinski definition) is 9. The van der Waals surface area contributed by atoms with Gasteiger partial charge in [-0.2, -0.15) is 0 Å². The zero-order valence-electron chi connectivity index (χ0n) is 25.6. The van der Waals surface area contributed by atoms with Crippen LogP contribution < -0.4 is 15.9 Å². The standard InChI is InChI=1S/C33H39N3O8S/c1-4-5-17-36-31(40)35(32(41)45-36)19-23-10-8-22(9-11-23)18-34-26(37)14-15-27(38)42-20-24-7-6-16-33(3)29(44-33)28-25(13-12-24)21(2)30(39)43-28/h7-11,14-15,25,28-29H,2,4-6,12-13,16-20H2,1,3H3,(H,34,37)/b15-14-,24-7+/t25-,28-,29-,33+/m0/s1. The number of benzene rings is 1. The quantitative estimate of drug-likeness (QED) is 0.171. The van der Waals surface area contributed by atoms with Crippen molar-refractivity contribution in [3.63, 3.8) is 0 Å². The maximum absolute atomic E-state index is 12.5. The van der Waals surface area contributed by atoms with Gasteiger partial charge >= 0.3 is 22.5 Å². The molecule has 2 aromatic rings. The topological polar surface area (TPSA) is 138 Å². The molecule has 1 N–H and O–H groups in total. The van der Waals surface area contributed by atoms with Crippen LogP contribution in [0.1, 0.15) is 63.5 Å². The highest BCUT2D eigenvalue weighted by Crippen LogP contribution is 2.49. The molecule has 0 bridgehead atoms. The van der Waals surface area contributed by atoms with Gasteiger partial charge < -0.3 is 19.5 Å². The van der Waals surface area contributed by atoms with Crippen molar-refractivity contribution in [3.8, 4) is 0 Å². The van der Waals surface area contributed by atoms with E-state index in [4.69, 9.17) is 14.2 Å². The summed E-state index contributed by atoms with van der Waals surface area (Å²) in [6.07, 6.45) is 8.38. The van der Waals surface area contributed by atoms with Crippen LogP contribution in [-0.2, 0) is 48.2 Å². The lowest BCUT2D eigenvalue weighted by Crippen LogP contribution is -2.29. The van der Waals surface area contributed by atoms with Crippen molar-refractivity contribution in [2.45, 2.75) is 89.8 Å². The molecule has 0 spiro atoms. The number of carbonyl (C=O) groups is 3. The van der Waals surface area contributed by atoms with Gasteiger partial charge in [0.2, 0.25) is 5.91 Å². The number of allylic oxidation sites excluding steroid dienone is 1. The Labute approximate surface area is 265 Å². The van der Waals surface area contributed by atoms with E-state index in [1.165, 1.54) is 8.52 Å². The maximum Gasteiger partial charge on any atom is 0.341 e. The van der Waals surface area contributed by atoms with E-state index in [0.717, 1.165) is 66.1 Å². The summed E-state index contributed by atoms with van der Waals surface area (Å²) in [7, 11) is 0. The van der Waals surface area contributed by atoms with E-state index in [2.05, 4.69) is 18.0 Å². The number of carbonyl (C=O) groups excluding carboxylic acids is 3. The number of fused-ring (bicyclic) bond motifs is 3. The molecule has 2 saturated heterocycles. The average Bonchev–Trinajstić information content (AvgIpc) is 3.52. The van der Waals surface area contributed by atoms with E-state index in [9.17, 15) is 24.0 Å². The number of aryl methyl sites for hydroxylation is 1. The van der Waals surface area contributed by atoms with Gasteiger partial charge in [0.1, 0.15) is 18.8 Å². The average molecular weight is 638 g/mol. The maximum atomic E-state index is 12.5. The monoisotopic (exact) mass is 637 g/mol. The first-order valence-corrected chi connectivity index (χ1v) is 16.1. The molecule has 3 heterocycles. The summed E-state index contributed by atoms with van der Waals surface area (Å²) < 4.78 is 19.6. The first-order chi connectivity index (χ1) is 21.6. The summed E-state index contributed by atoms with van der Waals surface area (Å²) in [6.45, 7) is 9.01. The lowest BCUT2D eigenvalue weighted by atomic mass is 9.84. The Morgan fingerprint density at radius 1 is 1.18 bits per heavy atom. The van der Waals surface area contributed by atoms with Crippen molar-refractivity contribution < 1.29 is 28.6 Å². The molecule has 12 heteroatoms. The van der Waals surface area contributed by atoms with Gasteiger partial charge in [-0.05, 0) is 55.7 Å². The Morgan fingerprint density at radius 3 is 2.69 bits per heavy atom. The Morgan fingerprint density at radius 2 is 1.93 bits per heavy atom. The fraction of sp³-hybridized carbons (Fsp3) is 0.485. The van der Waals surface area contributed by atoms with Crippen molar-refractivity contribution in [1.29, 1.82) is 0 Å². The predicted molar refractivity (Wildman–Crippen MR) is 168 cm³/mol. The minimum Gasteiger partial charge on any atom is -0.458 e. The molecule has 1 aromatic heterocycles. The van der Waals surface area contributed by atoms with Crippen LogP contribution in [0.25, 0.3) is 0 Å². The van der Waals surface area contributed by atoms with E-state index in [0.29, 0.717) is 25.0 Å². The van der Waals surface area contributed by atoms with Gasteiger partial charge in [-0.15, -0.1) is 0 Å². The van der Waals surface area contributed by atoms with Gasteiger partial charge in [0, 0.05) is 48.3 Å². The molecular weight excluding hydrogens is 598 g/mol. The molecule has 3 aliphatic rings. The van der Waals surface area contributed by atoms with Crippen LogP contribution in [0.4, 0.5) is 0 Å². The van der Waals surface area contributed by atoms with Crippen LogP contribution in [0.15, 0.2) is 69.8 Å². The Kier molecular flexibility index (Phi) is 10.0. The van der Waals surface area contributed by atoms with Crippen molar-refractivity contribution >= 4 is 29.4 Å². The van der Waals surface area contributed by atoms with E-state index in [-0.39, 0.29) is 60.0 Å². The Balaban J connectivity index is 1.07. The SMILES string of the molecule is C=C1C(=O)O[C@H]2[C@H]1CC/C(COC(=O)/C=C\C(=O)NCc1ccc(Cn3c(=O)sn(CCCC)c3=O)cc1)=C\CC[C@@]1(C)O[C@@H]21. The minimum atomic E-state index is -0.635. The van der Waals surface area contributed by atoms with Crippen LogP contribution in [0, 0.1) is 5.92 Å². The highest BCUT2D eigenvalue weighted by atomic mass is 32.1. The lowest BCUT2D eigenvalue weighted by Gasteiger charge is -2.20. The summed E-state index contributed by atoms with van der Waals surface area (Å²) in [5.41, 5.74) is 2.37. The highest BCUT2D eigenvalue weighted by molar-refractivity contribution is 7.03. The van der Waals surface area contributed by atoms with Crippen molar-refractivity contribution in [2.75, 3.05) is 6.61 Å². The second-order valence-corrected chi connectivity index (χ2v) is 12.9. The van der Waals surface area contributed by atoms with Gasteiger partial charge in [-0.3, -0.25) is 9.59 Å². The molecule has 1 aliphatic carbocycles.